The lowest BCUT2D eigenvalue weighted by molar-refractivity contribution is 0.102. The second kappa shape index (κ2) is 8.41. The Balaban J connectivity index is 2.08. The van der Waals surface area contributed by atoms with E-state index in [1.165, 1.54) is 39.4 Å². The first-order valence-corrected chi connectivity index (χ1v) is 10.9. The summed E-state index contributed by atoms with van der Waals surface area (Å²) in [6.45, 7) is 4.02. The van der Waals surface area contributed by atoms with Gasteiger partial charge in [-0.05, 0) is 36.2 Å². The molecule has 8 heteroatoms. The van der Waals surface area contributed by atoms with Gasteiger partial charge >= 0.3 is 0 Å². The summed E-state index contributed by atoms with van der Waals surface area (Å²) in [7, 11) is 0.707. The number of carbonyl (C=O) groups is 1. The van der Waals surface area contributed by atoms with Gasteiger partial charge in [-0.3, -0.25) is 9.78 Å². The second-order valence-corrected chi connectivity index (χ2v) is 9.52. The summed E-state index contributed by atoms with van der Waals surface area (Å²) in [5.41, 5.74) is 2.27. The average Bonchev–Trinajstić information content (AvgIpc) is 2.72. The molecule has 1 aromatic heterocycles. The van der Waals surface area contributed by atoms with E-state index in [2.05, 4.69) is 10.3 Å². The summed E-state index contributed by atoms with van der Waals surface area (Å²) in [5, 5.41) is 3.53. The number of pyridine rings is 1. The fourth-order valence-corrected chi connectivity index (χ4v) is 3.95. The molecule has 30 heavy (non-hydrogen) atoms. The smallest absolute Gasteiger partial charge is 0.256 e. The first-order valence-electron chi connectivity index (χ1n) is 9.46. The van der Waals surface area contributed by atoms with Crippen LogP contribution in [0.15, 0.2) is 53.4 Å². The number of ether oxygens (including phenoxy) is 1. The second-order valence-electron chi connectivity index (χ2n) is 7.37. The lowest BCUT2D eigenvalue weighted by Gasteiger charge is -2.16. The van der Waals surface area contributed by atoms with Crippen molar-refractivity contribution in [2.75, 3.05) is 26.5 Å². The van der Waals surface area contributed by atoms with Gasteiger partial charge in [0, 0.05) is 25.2 Å². The minimum Gasteiger partial charge on any atom is -0.495 e. The number of aromatic nitrogens is 1. The Morgan fingerprint density at radius 2 is 1.80 bits per heavy atom. The van der Waals surface area contributed by atoms with E-state index in [0.717, 1.165) is 20.9 Å². The third kappa shape index (κ3) is 4.15. The zero-order valence-corrected chi connectivity index (χ0v) is 18.4. The first-order chi connectivity index (χ1) is 14.1. The van der Waals surface area contributed by atoms with Crippen LogP contribution >= 0.6 is 0 Å². The molecule has 0 bridgehead atoms. The Hall–Kier alpha value is -2.97. The molecular formula is C22H25N3O4S. The molecule has 0 atom stereocenters. The fourth-order valence-electron chi connectivity index (χ4n) is 3.03. The van der Waals surface area contributed by atoms with Crippen LogP contribution in [0.25, 0.3) is 10.9 Å². The number of benzene rings is 2. The fraction of sp³-hybridized carbons (Fsp3) is 0.273. The van der Waals surface area contributed by atoms with Crippen LogP contribution < -0.4 is 10.1 Å². The molecule has 3 aromatic rings. The van der Waals surface area contributed by atoms with Crippen LogP contribution in [0.3, 0.4) is 0 Å². The summed E-state index contributed by atoms with van der Waals surface area (Å²) in [5.74, 6) is 0.140. The Morgan fingerprint density at radius 1 is 1.10 bits per heavy atom. The number of anilines is 1. The predicted molar refractivity (Wildman–Crippen MR) is 118 cm³/mol. The van der Waals surface area contributed by atoms with E-state index < -0.39 is 10.0 Å². The van der Waals surface area contributed by atoms with Crippen molar-refractivity contribution in [2.24, 2.45) is 0 Å². The highest BCUT2D eigenvalue weighted by Gasteiger charge is 2.21. The highest BCUT2D eigenvalue weighted by atomic mass is 32.2. The molecule has 1 amide bonds. The van der Waals surface area contributed by atoms with Crippen molar-refractivity contribution >= 4 is 32.5 Å². The number of fused-ring (bicyclic) bond motifs is 1. The van der Waals surface area contributed by atoms with E-state index in [9.17, 15) is 13.2 Å². The Labute approximate surface area is 176 Å². The Morgan fingerprint density at radius 3 is 2.43 bits per heavy atom. The highest BCUT2D eigenvalue weighted by molar-refractivity contribution is 7.89. The average molecular weight is 428 g/mol. The molecule has 1 heterocycles. The zero-order chi connectivity index (χ0) is 22.1. The highest BCUT2D eigenvalue weighted by Crippen LogP contribution is 2.30. The van der Waals surface area contributed by atoms with Gasteiger partial charge in [0.2, 0.25) is 10.0 Å². The molecule has 0 fully saturated rings. The third-order valence-electron chi connectivity index (χ3n) is 4.77. The molecule has 0 saturated heterocycles. The molecule has 0 radical (unpaired) electrons. The van der Waals surface area contributed by atoms with E-state index in [4.69, 9.17) is 4.74 Å². The standard InChI is InChI=1S/C22H25N3O4S/c1-14(2)19-13-17(16-8-6-7-9-18(16)23-19)22(26)24-20-12-15(10-11-21(20)29-5)30(27,28)25(3)4/h6-14H,1-5H3,(H,24,26). The maximum Gasteiger partial charge on any atom is 0.256 e. The molecule has 0 saturated carbocycles. The monoisotopic (exact) mass is 427 g/mol. The lowest BCUT2D eigenvalue weighted by atomic mass is 10.0. The minimum atomic E-state index is -3.66. The maximum atomic E-state index is 13.2. The molecule has 158 valence electrons. The van der Waals surface area contributed by atoms with Gasteiger partial charge in [-0.2, -0.15) is 0 Å². The summed E-state index contributed by atoms with van der Waals surface area (Å²) in [4.78, 5) is 17.9. The first kappa shape index (κ1) is 21.7. The van der Waals surface area contributed by atoms with Crippen LogP contribution in [0, 0.1) is 0 Å². The minimum absolute atomic E-state index is 0.0612. The van der Waals surface area contributed by atoms with Gasteiger partial charge in [0.25, 0.3) is 5.91 Å². The van der Waals surface area contributed by atoms with Crippen molar-refractivity contribution in [3.63, 3.8) is 0 Å². The van der Waals surface area contributed by atoms with E-state index in [-0.39, 0.29) is 22.4 Å². The van der Waals surface area contributed by atoms with Gasteiger partial charge < -0.3 is 10.1 Å². The van der Waals surface area contributed by atoms with E-state index in [1.54, 1.807) is 6.07 Å². The van der Waals surface area contributed by atoms with Crippen molar-refractivity contribution in [1.82, 2.24) is 9.29 Å². The van der Waals surface area contributed by atoms with Crippen LogP contribution in [0.1, 0.15) is 35.8 Å². The molecule has 0 spiro atoms. The molecule has 7 nitrogen and oxygen atoms in total. The SMILES string of the molecule is COc1ccc(S(=O)(=O)N(C)C)cc1NC(=O)c1cc(C(C)C)nc2ccccc12. The largest absolute Gasteiger partial charge is 0.495 e. The molecule has 1 N–H and O–H groups in total. The molecule has 2 aromatic carbocycles. The van der Waals surface area contributed by atoms with Gasteiger partial charge in [0.1, 0.15) is 5.75 Å². The predicted octanol–water partition coefficient (Wildman–Crippen LogP) is 3.87. The molecule has 3 rings (SSSR count). The number of sulfonamides is 1. The summed E-state index contributed by atoms with van der Waals surface area (Å²) >= 11 is 0. The van der Waals surface area contributed by atoms with Crippen molar-refractivity contribution in [3.8, 4) is 5.75 Å². The maximum absolute atomic E-state index is 13.2. The molecule has 0 unspecified atom stereocenters. The summed E-state index contributed by atoms with van der Waals surface area (Å²) < 4.78 is 31.4. The summed E-state index contributed by atoms with van der Waals surface area (Å²) in [6.07, 6.45) is 0. The van der Waals surface area contributed by atoms with Crippen molar-refractivity contribution < 1.29 is 17.9 Å². The zero-order valence-electron chi connectivity index (χ0n) is 17.6. The van der Waals surface area contributed by atoms with Gasteiger partial charge in [-0.15, -0.1) is 0 Å². The van der Waals surface area contributed by atoms with E-state index >= 15 is 0 Å². The van der Waals surface area contributed by atoms with Gasteiger partial charge in [-0.25, -0.2) is 12.7 Å². The van der Waals surface area contributed by atoms with Gasteiger partial charge in [-0.1, -0.05) is 32.0 Å². The van der Waals surface area contributed by atoms with Crippen molar-refractivity contribution in [3.05, 3.63) is 59.8 Å². The molecule has 0 aliphatic carbocycles. The Kier molecular flexibility index (Phi) is 6.09. The number of carbonyl (C=O) groups excluding carboxylic acids is 1. The lowest BCUT2D eigenvalue weighted by Crippen LogP contribution is -2.22. The molecular weight excluding hydrogens is 402 g/mol. The molecule has 0 aliphatic rings. The van der Waals surface area contributed by atoms with E-state index in [1.807, 2.05) is 38.1 Å². The number of para-hydroxylation sites is 1. The van der Waals surface area contributed by atoms with Gasteiger partial charge in [0.15, 0.2) is 0 Å². The topological polar surface area (TPSA) is 88.6 Å². The van der Waals surface area contributed by atoms with Crippen LogP contribution in [0.5, 0.6) is 5.75 Å². The van der Waals surface area contributed by atoms with Crippen molar-refractivity contribution in [2.45, 2.75) is 24.7 Å². The number of hydrogen-bond acceptors (Lipinski definition) is 5. The van der Waals surface area contributed by atoms with Crippen LogP contribution in [0.2, 0.25) is 0 Å². The number of rotatable bonds is 6. The van der Waals surface area contributed by atoms with Crippen LogP contribution in [-0.4, -0.2) is 44.8 Å². The number of hydrogen-bond donors (Lipinski definition) is 1. The van der Waals surface area contributed by atoms with E-state index in [0.29, 0.717) is 11.3 Å². The third-order valence-corrected chi connectivity index (χ3v) is 6.58. The van der Waals surface area contributed by atoms with Gasteiger partial charge in [0.05, 0.1) is 28.8 Å². The normalized spacial score (nSPS) is 11.8. The number of nitrogens with one attached hydrogen (secondary N) is 1. The number of methoxy groups -OCH3 is 1. The Bertz CT molecular complexity index is 1200. The quantitative estimate of drug-likeness (QED) is 0.645. The number of nitrogens with zero attached hydrogens (tertiary/aromatic N) is 2. The van der Waals surface area contributed by atoms with Crippen LogP contribution in [0.4, 0.5) is 5.69 Å². The van der Waals surface area contributed by atoms with Crippen LogP contribution in [-0.2, 0) is 10.0 Å². The number of amides is 1. The van der Waals surface area contributed by atoms with Crippen molar-refractivity contribution in [1.29, 1.82) is 0 Å². The summed E-state index contributed by atoms with van der Waals surface area (Å²) in [6, 6.07) is 13.6. The molecule has 0 aliphatic heterocycles.